The molecular formula is C19H21NO2. The zero-order valence-electron chi connectivity index (χ0n) is 13.1. The van der Waals surface area contributed by atoms with Crippen LogP contribution in [0, 0.1) is 46.3 Å². The third kappa shape index (κ3) is 1.82. The number of hydrogen-bond acceptors (Lipinski definition) is 3. The molecular weight excluding hydrogens is 274 g/mol. The molecule has 22 heavy (non-hydrogen) atoms. The molecule has 3 heteroatoms. The van der Waals surface area contributed by atoms with Crippen molar-refractivity contribution < 1.29 is 9.90 Å². The molecule has 0 aromatic rings. The Balaban J connectivity index is 2.13. The van der Waals surface area contributed by atoms with Crippen molar-refractivity contribution in [1.29, 1.82) is 5.26 Å². The summed E-state index contributed by atoms with van der Waals surface area (Å²) in [6.45, 7) is 4.27. The predicted octanol–water partition coefficient (Wildman–Crippen LogP) is 2.77. The zero-order chi connectivity index (χ0) is 16.1. The summed E-state index contributed by atoms with van der Waals surface area (Å²) >= 11 is 0. The van der Waals surface area contributed by atoms with Crippen LogP contribution in [0.4, 0.5) is 0 Å². The highest BCUT2D eigenvalue weighted by Crippen LogP contribution is 2.62. The van der Waals surface area contributed by atoms with Gasteiger partial charge in [-0.25, -0.2) is 0 Å². The van der Waals surface area contributed by atoms with Gasteiger partial charge in [-0.1, -0.05) is 19.8 Å². The molecule has 0 aromatic carbocycles. The molecule has 0 aromatic heterocycles. The Morgan fingerprint density at radius 1 is 1.41 bits per heavy atom. The molecule has 2 saturated carbocycles. The van der Waals surface area contributed by atoms with E-state index >= 15 is 0 Å². The van der Waals surface area contributed by atoms with Gasteiger partial charge < -0.3 is 5.11 Å². The minimum atomic E-state index is -0.605. The van der Waals surface area contributed by atoms with Crippen LogP contribution < -0.4 is 0 Å². The molecule has 0 saturated heterocycles. The Morgan fingerprint density at radius 3 is 2.77 bits per heavy atom. The summed E-state index contributed by atoms with van der Waals surface area (Å²) in [5.41, 5.74) is 0.372. The molecule has 2 fully saturated rings. The number of ketones is 1. The normalized spacial score (nSPS) is 43.9. The van der Waals surface area contributed by atoms with Crippen LogP contribution in [0.25, 0.3) is 0 Å². The Labute approximate surface area is 131 Å². The number of fused-ring (bicyclic) bond motifs is 3. The van der Waals surface area contributed by atoms with Gasteiger partial charge in [-0.15, -0.1) is 6.42 Å². The maximum atomic E-state index is 12.2. The summed E-state index contributed by atoms with van der Waals surface area (Å²) < 4.78 is 0. The SMILES string of the molecule is C#CC12C=C(C#N)C(=O)C=C1C1(C)CCC(O)C(C)C1CC2. The van der Waals surface area contributed by atoms with Gasteiger partial charge in [0.1, 0.15) is 6.07 Å². The highest BCUT2D eigenvalue weighted by atomic mass is 16.3. The molecule has 0 bridgehead atoms. The van der Waals surface area contributed by atoms with Gasteiger partial charge in [0.15, 0.2) is 5.78 Å². The molecule has 0 aliphatic heterocycles. The van der Waals surface area contributed by atoms with E-state index in [0.717, 1.165) is 31.3 Å². The lowest BCUT2D eigenvalue weighted by molar-refractivity contribution is -0.111. The molecule has 0 amide bonds. The maximum absolute atomic E-state index is 12.2. The van der Waals surface area contributed by atoms with Gasteiger partial charge in [0.05, 0.1) is 17.1 Å². The second kappa shape index (κ2) is 4.83. The molecule has 5 atom stereocenters. The third-order valence-electron chi connectivity index (χ3n) is 6.27. The quantitative estimate of drug-likeness (QED) is 0.699. The smallest absolute Gasteiger partial charge is 0.196 e. The first-order valence-electron chi connectivity index (χ1n) is 7.94. The largest absolute Gasteiger partial charge is 0.393 e. The Bertz CT molecular complexity index is 675. The van der Waals surface area contributed by atoms with Crippen molar-refractivity contribution in [2.24, 2.45) is 22.7 Å². The minimum absolute atomic E-state index is 0.160. The number of carbonyl (C=O) groups is 1. The van der Waals surface area contributed by atoms with Gasteiger partial charge in [0.25, 0.3) is 0 Å². The summed E-state index contributed by atoms with van der Waals surface area (Å²) in [5, 5.41) is 19.4. The summed E-state index contributed by atoms with van der Waals surface area (Å²) in [4.78, 5) is 12.2. The highest BCUT2D eigenvalue weighted by Gasteiger charge is 2.55. The highest BCUT2D eigenvalue weighted by molar-refractivity contribution is 6.09. The van der Waals surface area contributed by atoms with Crippen LogP contribution in [0.2, 0.25) is 0 Å². The van der Waals surface area contributed by atoms with E-state index in [-0.39, 0.29) is 28.8 Å². The van der Waals surface area contributed by atoms with Crippen molar-refractivity contribution in [3.63, 3.8) is 0 Å². The monoisotopic (exact) mass is 295 g/mol. The number of terminal acetylenes is 1. The number of hydrogen-bond donors (Lipinski definition) is 1. The Kier molecular flexibility index (Phi) is 3.31. The van der Waals surface area contributed by atoms with E-state index in [1.807, 2.05) is 6.07 Å². The van der Waals surface area contributed by atoms with Crippen molar-refractivity contribution in [3.05, 3.63) is 23.3 Å². The lowest BCUT2D eigenvalue weighted by Crippen LogP contribution is -2.51. The van der Waals surface area contributed by atoms with Crippen LogP contribution in [0.15, 0.2) is 23.3 Å². The van der Waals surface area contributed by atoms with Gasteiger partial charge in [0, 0.05) is 0 Å². The number of aliphatic hydroxyl groups excluding tert-OH is 1. The van der Waals surface area contributed by atoms with Gasteiger partial charge >= 0.3 is 0 Å². The average molecular weight is 295 g/mol. The molecule has 3 aliphatic rings. The van der Waals surface area contributed by atoms with Crippen LogP contribution in [0.3, 0.4) is 0 Å². The fourth-order valence-electron chi connectivity index (χ4n) is 4.94. The van der Waals surface area contributed by atoms with Gasteiger partial charge in [-0.3, -0.25) is 4.79 Å². The number of nitrogens with zero attached hydrogens (tertiary/aromatic N) is 1. The van der Waals surface area contributed by atoms with E-state index < -0.39 is 5.41 Å². The first-order chi connectivity index (χ1) is 10.4. The van der Waals surface area contributed by atoms with Gasteiger partial charge in [-0.2, -0.15) is 5.26 Å². The number of nitriles is 1. The number of allylic oxidation sites excluding steroid dienone is 4. The topological polar surface area (TPSA) is 61.1 Å². The number of aliphatic hydroxyl groups is 1. The lowest BCUT2D eigenvalue weighted by Gasteiger charge is -2.56. The molecule has 1 N–H and O–H groups in total. The van der Waals surface area contributed by atoms with Crippen LogP contribution in [0.5, 0.6) is 0 Å². The lowest BCUT2D eigenvalue weighted by atomic mass is 9.47. The van der Waals surface area contributed by atoms with Crippen molar-refractivity contribution in [2.45, 2.75) is 45.6 Å². The predicted molar refractivity (Wildman–Crippen MR) is 83.3 cm³/mol. The van der Waals surface area contributed by atoms with Crippen LogP contribution in [0.1, 0.15) is 39.5 Å². The molecule has 114 valence electrons. The second-order valence-corrected chi connectivity index (χ2v) is 7.24. The number of rotatable bonds is 0. The first kappa shape index (κ1) is 15.1. The van der Waals surface area contributed by atoms with E-state index in [9.17, 15) is 9.90 Å². The van der Waals surface area contributed by atoms with Crippen molar-refractivity contribution in [2.75, 3.05) is 0 Å². The fourth-order valence-corrected chi connectivity index (χ4v) is 4.94. The minimum Gasteiger partial charge on any atom is -0.393 e. The van der Waals surface area contributed by atoms with E-state index in [1.165, 1.54) is 0 Å². The van der Waals surface area contributed by atoms with E-state index in [2.05, 4.69) is 19.8 Å². The molecule has 5 unspecified atom stereocenters. The maximum Gasteiger partial charge on any atom is 0.196 e. The molecule has 0 heterocycles. The summed E-state index contributed by atoms with van der Waals surface area (Å²) in [5.74, 6) is 3.17. The van der Waals surface area contributed by atoms with Crippen molar-refractivity contribution in [1.82, 2.24) is 0 Å². The van der Waals surface area contributed by atoms with Crippen molar-refractivity contribution >= 4 is 5.78 Å². The van der Waals surface area contributed by atoms with Gasteiger partial charge in [-0.05, 0) is 60.7 Å². The zero-order valence-corrected chi connectivity index (χ0v) is 13.1. The molecule has 3 rings (SSSR count). The third-order valence-corrected chi connectivity index (χ3v) is 6.27. The fraction of sp³-hybridized carbons (Fsp3) is 0.579. The van der Waals surface area contributed by atoms with Gasteiger partial charge in [0.2, 0.25) is 0 Å². The van der Waals surface area contributed by atoms with E-state index in [1.54, 1.807) is 12.2 Å². The van der Waals surface area contributed by atoms with E-state index in [4.69, 9.17) is 11.7 Å². The standard InChI is InChI=1S/C19H21NO2/c1-4-19-8-5-14-12(2)15(21)6-7-18(14,3)17(19)9-16(22)13(10-19)11-20/h1,9-10,12,14-15,21H,5-8H2,2-3H3. The van der Waals surface area contributed by atoms with Crippen LogP contribution in [-0.2, 0) is 4.79 Å². The van der Waals surface area contributed by atoms with Crippen LogP contribution in [-0.4, -0.2) is 17.0 Å². The Morgan fingerprint density at radius 2 is 2.14 bits per heavy atom. The first-order valence-corrected chi connectivity index (χ1v) is 7.94. The second-order valence-electron chi connectivity index (χ2n) is 7.24. The molecule has 3 nitrogen and oxygen atoms in total. The van der Waals surface area contributed by atoms with Crippen LogP contribution >= 0.6 is 0 Å². The van der Waals surface area contributed by atoms with Crippen molar-refractivity contribution in [3.8, 4) is 18.4 Å². The van der Waals surface area contributed by atoms with E-state index in [0.29, 0.717) is 5.92 Å². The molecule has 0 radical (unpaired) electrons. The molecule has 0 spiro atoms. The summed E-state index contributed by atoms with van der Waals surface area (Å²) in [6, 6.07) is 1.98. The molecule has 3 aliphatic carbocycles. The Hall–Kier alpha value is -1.84. The number of carbonyl (C=O) groups excluding carboxylic acids is 1. The average Bonchev–Trinajstić information content (AvgIpc) is 2.52. The summed E-state index contributed by atoms with van der Waals surface area (Å²) in [7, 11) is 0. The summed E-state index contributed by atoms with van der Waals surface area (Å²) in [6.07, 6.45) is 12.1.